The zero-order valence-electron chi connectivity index (χ0n) is 13.3. The molecule has 0 aliphatic rings. The summed E-state index contributed by atoms with van der Waals surface area (Å²) in [6.07, 6.45) is 1.72. The van der Waals surface area contributed by atoms with Gasteiger partial charge in [-0.2, -0.15) is 0 Å². The first-order chi connectivity index (χ1) is 12.1. The molecule has 126 valence electrons. The number of ether oxygens (including phenoxy) is 1. The normalized spacial score (nSPS) is 10.5. The molecule has 0 aliphatic heterocycles. The van der Waals surface area contributed by atoms with Crippen molar-refractivity contribution in [2.75, 3.05) is 0 Å². The van der Waals surface area contributed by atoms with E-state index in [1.807, 2.05) is 24.3 Å². The van der Waals surface area contributed by atoms with Crippen LogP contribution in [0.1, 0.15) is 21.5 Å². The molecule has 0 bridgehead atoms. The van der Waals surface area contributed by atoms with Crippen LogP contribution in [-0.2, 0) is 13.0 Å². The van der Waals surface area contributed by atoms with Crippen molar-refractivity contribution in [3.05, 3.63) is 92.9 Å². The fraction of sp³-hybridized carbons (Fsp3) is 0.100. The summed E-state index contributed by atoms with van der Waals surface area (Å²) in [7, 11) is 0. The van der Waals surface area contributed by atoms with Gasteiger partial charge in [-0.05, 0) is 52.4 Å². The van der Waals surface area contributed by atoms with E-state index in [0.29, 0.717) is 18.1 Å². The summed E-state index contributed by atoms with van der Waals surface area (Å²) in [6.45, 7) is 0.426. The van der Waals surface area contributed by atoms with Gasteiger partial charge in [0.2, 0.25) is 5.88 Å². The second kappa shape index (κ2) is 8.20. The Balaban J connectivity index is 1.60. The van der Waals surface area contributed by atoms with Crippen LogP contribution in [0.3, 0.4) is 0 Å². The van der Waals surface area contributed by atoms with E-state index in [1.165, 1.54) is 18.3 Å². The number of pyridine rings is 1. The first kappa shape index (κ1) is 17.5. The lowest BCUT2D eigenvalue weighted by atomic mass is 10.0. The summed E-state index contributed by atoms with van der Waals surface area (Å²) in [5, 5.41) is 0. The van der Waals surface area contributed by atoms with E-state index in [0.717, 1.165) is 14.7 Å². The second-order valence-corrected chi connectivity index (χ2v) is 6.65. The number of nitrogens with zero attached hydrogens (tertiary/aromatic N) is 1. The van der Waals surface area contributed by atoms with Crippen molar-refractivity contribution in [1.82, 2.24) is 4.98 Å². The van der Waals surface area contributed by atoms with E-state index < -0.39 is 0 Å². The highest BCUT2D eigenvalue weighted by Gasteiger charge is 2.09. The third-order valence-corrected chi connectivity index (χ3v) is 4.72. The maximum Gasteiger partial charge on any atom is 0.213 e. The van der Waals surface area contributed by atoms with Gasteiger partial charge in [-0.25, -0.2) is 9.37 Å². The predicted molar refractivity (Wildman–Crippen MR) is 102 cm³/mol. The average Bonchev–Trinajstić information content (AvgIpc) is 2.63. The molecule has 0 N–H and O–H groups in total. The van der Waals surface area contributed by atoms with Gasteiger partial charge < -0.3 is 4.74 Å². The molecule has 0 amide bonds. The second-order valence-electron chi connectivity index (χ2n) is 5.49. The highest BCUT2D eigenvalue weighted by molar-refractivity contribution is 14.1. The van der Waals surface area contributed by atoms with Crippen molar-refractivity contribution >= 4 is 28.4 Å². The first-order valence-electron chi connectivity index (χ1n) is 7.72. The number of benzene rings is 2. The highest BCUT2D eigenvalue weighted by Crippen LogP contribution is 2.16. The zero-order valence-corrected chi connectivity index (χ0v) is 15.4. The zero-order chi connectivity index (χ0) is 17.6. The smallest absolute Gasteiger partial charge is 0.213 e. The number of halogens is 2. The number of carbonyl (C=O) groups excluding carboxylic acids is 1. The van der Waals surface area contributed by atoms with Crippen molar-refractivity contribution in [2.24, 2.45) is 0 Å². The maximum atomic E-state index is 12.9. The molecule has 1 aromatic heterocycles. The van der Waals surface area contributed by atoms with E-state index >= 15 is 0 Å². The van der Waals surface area contributed by atoms with Gasteiger partial charge in [0, 0.05) is 33.4 Å². The summed E-state index contributed by atoms with van der Waals surface area (Å²) in [5.74, 6) is 0.0914. The number of ketones is 1. The molecule has 2 aromatic carbocycles. The molecular weight excluding hydrogens is 432 g/mol. The number of hydrogen-bond acceptors (Lipinski definition) is 3. The molecule has 0 unspecified atom stereocenters. The molecule has 3 rings (SSSR count). The van der Waals surface area contributed by atoms with Gasteiger partial charge in [-0.3, -0.25) is 4.79 Å². The lowest BCUT2D eigenvalue weighted by Crippen LogP contribution is -2.05. The Morgan fingerprint density at radius 2 is 1.80 bits per heavy atom. The van der Waals surface area contributed by atoms with Crippen LogP contribution in [0.25, 0.3) is 0 Å². The molecule has 0 aliphatic carbocycles. The minimum absolute atomic E-state index is 0.0664. The molecule has 0 saturated heterocycles. The van der Waals surface area contributed by atoms with Crippen LogP contribution in [-0.4, -0.2) is 10.8 Å². The predicted octanol–water partition coefficient (Wildman–Crippen LogP) is 4.83. The summed E-state index contributed by atoms with van der Waals surface area (Å²) >= 11 is 2.26. The minimum atomic E-state index is -0.313. The molecule has 3 nitrogen and oxygen atoms in total. The van der Waals surface area contributed by atoms with Crippen LogP contribution >= 0.6 is 22.6 Å². The van der Waals surface area contributed by atoms with Crippen LogP contribution in [0.2, 0.25) is 0 Å². The number of rotatable bonds is 6. The van der Waals surface area contributed by atoms with Crippen molar-refractivity contribution in [2.45, 2.75) is 13.0 Å². The molecule has 0 atom stereocenters. The summed E-state index contributed by atoms with van der Waals surface area (Å²) in [6, 6.07) is 17.3. The van der Waals surface area contributed by atoms with Crippen molar-refractivity contribution < 1.29 is 13.9 Å². The molecule has 5 heteroatoms. The third kappa shape index (κ3) is 4.85. The van der Waals surface area contributed by atoms with Gasteiger partial charge in [0.15, 0.2) is 5.78 Å². The Hall–Kier alpha value is -2.28. The van der Waals surface area contributed by atoms with Crippen LogP contribution < -0.4 is 4.74 Å². The molecular formula is C20H15FINO2. The molecule has 1 heterocycles. The lowest BCUT2D eigenvalue weighted by molar-refractivity contribution is 0.0992. The number of aromatic nitrogens is 1. The molecule has 0 spiro atoms. The van der Waals surface area contributed by atoms with E-state index in [-0.39, 0.29) is 18.0 Å². The SMILES string of the molecule is O=C(Cc1ccc(F)cc1)c1ccc(OCc2ccccc2I)nc1. The first-order valence-corrected chi connectivity index (χ1v) is 8.79. The monoisotopic (exact) mass is 447 g/mol. The van der Waals surface area contributed by atoms with E-state index in [9.17, 15) is 9.18 Å². The fourth-order valence-electron chi connectivity index (χ4n) is 2.29. The van der Waals surface area contributed by atoms with Crippen molar-refractivity contribution in [1.29, 1.82) is 0 Å². The molecule has 0 saturated carbocycles. The van der Waals surface area contributed by atoms with Gasteiger partial charge in [-0.15, -0.1) is 0 Å². The fourth-order valence-corrected chi connectivity index (χ4v) is 2.83. The number of Topliss-reactive ketones (excluding diaryl/α,β-unsaturated/α-hetero) is 1. The van der Waals surface area contributed by atoms with Crippen LogP contribution in [0.5, 0.6) is 5.88 Å². The van der Waals surface area contributed by atoms with Gasteiger partial charge in [0.1, 0.15) is 12.4 Å². The van der Waals surface area contributed by atoms with Crippen LogP contribution in [0, 0.1) is 9.39 Å². The minimum Gasteiger partial charge on any atom is -0.473 e. The standard InChI is InChI=1S/C20H15FINO2/c21-17-8-5-14(6-9-17)11-19(24)15-7-10-20(23-12-15)25-13-16-3-1-2-4-18(16)22/h1-10,12H,11,13H2. The van der Waals surface area contributed by atoms with Crippen molar-refractivity contribution in [3.63, 3.8) is 0 Å². The number of hydrogen-bond donors (Lipinski definition) is 0. The van der Waals surface area contributed by atoms with Gasteiger partial charge in [-0.1, -0.05) is 30.3 Å². The Morgan fingerprint density at radius 1 is 1.04 bits per heavy atom. The summed E-state index contributed by atoms with van der Waals surface area (Å²) in [5.41, 5.74) is 2.36. The third-order valence-electron chi connectivity index (χ3n) is 3.67. The Bertz CT molecular complexity index is 864. The Kier molecular flexibility index (Phi) is 5.75. The van der Waals surface area contributed by atoms with Gasteiger partial charge >= 0.3 is 0 Å². The van der Waals surface area contributed by atoms with Crippen LogP contribution in [0.4, 0.5) is 4.39 Å². The number of carbonyl (C=O) groups is 1. The van der Waals surface area contributed by atoms with E-state index in [1.54, 1.807) is 24.3 Å². The molecule has 0 radical (unpaired) electrons. The summed E-state index contributed by atoms with van der Waals surface area (Å²) in [4.78, 5) is 16.5. The lowest BCUT2D eigenvalue weighted by Gasteiger charge is -2.07. The Labute approximate surface area is 159 Å². The maximum absolute atomic E-state index is 12.9. The molecule has 0 fully saturated rings. The van der Waals surface area contributed by atoms with Gasteiger partial charge in [0.25, 0.3) is 0 Å². The Morgan fingerprint density at radius 3 is 2.48 bits per heavy atom. The topological polar surface area (TPSA) is 39.2 Å². The average molecular weight is 447 g/mol. The van der Waals surface area contributed by atoms with Crippen LogP contribution in [0.15, 0.2) is 66.9 Å². The van der Waals surface area contributed by atoms with Crippen molar-refractivity contribution in [3.8, 4) is 5.88 Å². The van der Waals surface area contributed by atoms with Gasteiger partial charge in [0.05, 0.1) is 0 Å². The van der Waals surface area contributed by atoms with E-state index in [4.69, 9.17) is 4.74 Å². The summed E-state index contributed by atoms with van der Waals surface area (Å²) < 4.78 is 19.7. The molecule has 25 heavy (non-hydrogen) atoms. The quantitative estimate of drug-likeness (QED) is 0.402. The largest absolute Gasteiger partial charge is 0.473 e. The molecule has 3 aromatic rings. The van der Waals surface area contributed by atoms with E-state index in [2.05, 4.69) is 27.6 Å². The highest BCUT2D eigenvalue weighted by atomic mass is 127.